The molecule has 0 radical (unpaired) electrons. The molecule has 232 valence electrons. The molecule has 1 atom stereocenters. The Morgan fingerprint density at radius 3 is 2.43 bits per heavy atom. The Bertz CT molecular complexity index is 1510. The van der Waals surface area contributed by atoms with Gasteiger partial charge in [0.1, 0.15) is 11.6 Å². The fourth-order valence-electron chi connectivity index (χ4n) is 5.70. The van der Waals surface area contributed by atoms with Crippen LogP contribution in [0.5, 0.6) is 5.75 Å². The zero-order valence-corrected chi connectivity index (χ0v) is 27.3. The van der Waals surface area contributed by atoms with E-state index in [1.807, 2.05) is 92.6 Å². The Kier molecular flexibility index (Phi) is 11.4. The molecule has 1 fully saturated rings. The number of anilines is 2. The van der Waals surface area contributed by atoms with E-state index in [0.29, 0.717) is 41.5 Å². The maximum Gasteiger partial charge on any atom is 0.225 e. The van der Waals surface area contributed by atoms with Gasteiger partial charge in [0.25, 0.3) is 0 Å². The van der Waals surface area contributed by atoms with Crippen molar-refractivity contribution in [3.05, 3.63) is 83.4 Å². The first-order chi connectivity index (χ1) is 21.4. The zero-order valence-electron chi connectivity index (χ0n) is 25.8. The molecule has 0 amide bonds. The SMILES string of the molecule is CCOc1ccc(C(=O)CC(CNC[C@H]2CC[C@@H](Nc3nc(N(C)C)c4ccccc4n3)CC2)Sc2ccc(Cl)cc2)cc1. The lowest BCUT2D eigenvalue weighted by Crippen LogP contribution is -2.34. The van der Waals surface area contributed by atoms with Crippen molar-refractivity contribution < 1.29 is 9.53 Å². The molecule has 1 unspecified atom stereocenters. The Morgan fingerprint density at radius 1 is 1.00 bits per heavy atom. The van der Waals surface area contributed by atoms with Crippen molar-refractivity contribution in [2.75, 3.05) is 44.0 Å². The molecule has 1 aliphatic rings. The monoisotopic (exact) mass is 631 g/mol. The predicted molar refractivity (Wildman–Crippen MR) is 184 cm³/mol. The number of ether oxygens (including phenoxy) is 1. The number of carbonyl (C=O) groups is 1. The molecule has 3 aromatic carbocycles. The summed E-state index contributed by atoms with van der Waals surface area (Å²) in [5.41, 5.74) is 1.67. The molecule has 1 saturated carbocycles. The third kappa shape index (κ3) is 8.87. The van der Waals surface area contributed by atoms with Crippen LogP contribution in [0.2, 0.25) is 5.02 Å². The minimum absolute atomic E-state index is 0.101. The first kappa shape index (κ1) is 32.1. The maximum absolute atomic E-state index is 13.2. The second kappa shape index (κ2) is 15.6. The molecule has 1 aromatic heterocycles. The molecule has 0 spiro atoms. The predicted octanol–water partition coefficient (Wildman–Crippen LogP) is 7.74. The molecular formula is C35H42ClN5O2S. The number of aromatic nitrogens is 2. The second-order valence-electron chi connectivity index (χ2n) is 11.6. The number of hydrogen-bond acceptors (Lipinski definition) is 8. The van der Waals surface area contributed by atoms with Gasteiger partial charge in [-0.3, -0.25) is 4.79 Å². The van der Waals surface area contributed by atoms with Crippen LogP contribution >= 0.6 is 23.4 Å². The average molecular weight is 632 g/mol. The lowest BCUT2D eigenvalue weighted by Gasteiger charge is -2.30. The van der Waals surface area contributed by atoms with Gasteiger partial charge >= 0.3 is 0 Å². The first-order valence-electron chi connectivity index (χ1n) is 15.5. The third-order valence-electron chi connectivity index (χ3n) is 8.01. The molecule has 5 rings (SSSR count). The molecule has 44 heavy (non-hydrogen) atoms. The number of halogens is 1. The van der Waals surface area contributed by atoms with E-state index >= 15 is 0 Å². The number of ketones is 1. The van der Waals surface area contributed by atoms with Crippen molar-refractivity contribution >= 4 is 51.8 Å². The molecule has 1 heterocycles. The highest BCUT2D eigenvalue weighted by Crippen LogP contribution is 2.30. The summed E-state index contributed by atoms with van der Waals surface area (Å²) in [6.45, 7) is 4.26. The molecule has 4 aromatic rings. The van der Waals surface area contributed by atoms with E-state index in [0.717, 1.165) is 66.1 Å². The van der Waals surface area contributed by atoms with Crippen LogP contribution in [0.15, 0.2) is 77.7 Å². The van der Waals surface area contributed by atoms with Gasteiger partial charge in [-0.05, 0) is 106 Å². The zero-order chi connectivity index (χ0) is 30.9. The molecule has 0 saturated heterocycles. The Hall–Kier alpha value is -3.33. The van der Waals surface area contributed by atoms with Crippen LogP contribution in [0.1, 0.15) is 49.4 Å². The number of fused-ring (bicyclic) bond motifs is 1. The number of thioether (sulfide) groups is 1. The highest BCUT2D eigenvalue weighted by molar-refractivity contribution is 8.00. The van der Waals surface area contributed by atoms with Gasteiger partial charge in [0.05, 0.1) is 12.1 Å². The standard InChI is InChI=1S/C35H42ClN5O2S/c1-4-43-28-17-11-25(12-18-28)33(42)21-30(44-29-19-13-26(36)14-20-29)23-37-22-24-9-15-27(16-10-24)38-35-39-32-8-6-5-7-31(32)34(40-35)41(2)3/h5-8,11-14,17-20,24,27,30,37H,4,9-10,15-16,21-23H2,1-3H3,(H,38,39,40)/t24-,27+,30?. The summed E-state index contributed by atoms with van der Waals surface area (Å²) >= 11 is 7.85. The van der Waals surface area contributed by atoms with E-state index in [1.165, 1.54) is 0 Å². The Labute approximate surface area is 270 Å². The van der Waals surface area contributed by atoms with Gasteiger partial charge in [-0.25, -0.2) is 4.98 Å². The van der Waals surface area contributed by atoms with Gasteiger partial charge in [-0.15, -0.1) is 11.8 Å². The van der Waals surface area contributed by atoms with Gasteiger partial charge in [-0.2, -0.15) is 4.98 Å². The minimum Gasteiger partial charge on any atom is -0.494 e. The lowest BCUT2D eigenvalue weighted by molar-refractivity contribution is 0.0981. The highest BCUT2D eigenvalue weighted by atomic mass is 35.5. The average Bonchev–Trinajstić information content (AvgIpc) is 3.03. The van der Waals surface area contributed by atoms with E-state index in [2.05, 4.69) is 16.7 Å². The third-order valence-corrected chi connectivity index (χ3v) is 9.47. The number of carbonyl (C=O) groups excluding carboxylic acids is 1. The summed E-state index contributed by atoms with van der Waals surface area (Å²) in [6, 6.07) is 23.8. The summed E-state index contributed by atoms with van der Waals surface area (Å²) < 4.78 is 5.54. The molecule has 2 N–H and O–H groups in total. The van der Waals surface area contributed by atoms with E-state index in [9.17, 15) is 4.79 Å². The summed E-state index contributed by atoms with van der Waals surface area (Å²) in [6.07, 6.45) is 4.89. The summed E-state index contributed by atoms with van der Waals surface area (Å²) in [7, 11) is 4.04. The number of benzene rings is 3. The number of rotatable bonds is 14. The van der Waals surface area contributed by atoms with Crippen molar-refractivity contribution in [3.8, 4) is 5.75 Å². The van der Waals surface area contributed by atoms with Crippen molar-refractivity contribution in [1.29, 1.82) is 0 Å². The van der Waals surface area contributed by atoms with Crippen molar-refractivity contribution in [2.45, 2.75) is 55.2 Å². The van der Waals surface area contributed by atoms with Crippen molar-refractivity contribution in [2.24, 2.45) is 5.92 Å². The van der Waals surface area contributed by atoms with Gasteiger partial charge < -0.3 is 20.3 Å². The fourth-order valence-corrected chi connectivity index (χ4v) is 6.94. The molecule has 1 aliphatic carbocycles. The minimum atomic E-state index is 0.101. The van der Waals surface area contributed by atoms with Crippen LogP contribution in [-0.4, -0.2) is 60.8 Å². The molecule has 7 nitrogen and oxygen atoms in total. The lowest BCUT2D eigenvalue weighted by atomic mass is 9.86. The Balaban J connectivity index is 1.13. The van der Waals surface area contributed by atoms with Gasteiger partial charge in [0, 0.05) is 59.2 Å². The van der Waals surface area contributed by atoms with Gasteiger partial charge in [-0.1, -0.05) is 23.7 Å². The molecule has 0 aliphatic heterocycles. The molecule has 9 heteroatoms. The van der Waals surface area contributed by atoms with E-state index in [-0.39, 0.29) is 11.0 Å². The van der Waals surface area contributed by atoms with Crippen LogP contribution in [-0.2, 0) is 0 Å². The summed E-state index contributed by atoms with van der Waals surface area (Å²) in [5, 5.41) is 9.19. The fraction of sp³-hybridized carbons (Fsp3) is 0.400. The molecule has 0 bridgehead atoms. The number of Topliss-reactive ketones (excluding diaryl/α,β-unsaturated/α-hetero) is 1. The number of para-hydroxylation sites is 1. The van der Waals surface area contributed by atoms with Crippen molar-refractivity contribution in [1.82, 2.24) is 15.3 Å². The number of hydrogen-bond donors (Lipinski definition) is 2. The van der Waals surface area contributed by atoms with Crippen molar-refractivity contribution in [3.63, 3.8) is 0 Å². The topological polar surface area (TPSA) is 79.4 Å². The summed E-state index contributed by atoms with van der Waals surface area (Å²) in [4.78, 5) is 26.0. The Morgan fingerprint density at radius 2 is 1.73 bits per heavy atom. The summed E-state index contributed by atoms with van der Waals surface area (Å²) in [5.74, 6) is 3.16. The van der Waals surface area contributed by atoms with Crippen LogP contribution in [0.25, 0.3) is 10.9 Å². The van der Waals surface area contributed by atoms with Crippen LogP contribution in [0.3, 0.4) is 0 Å². The van der Waals surface area contributed by atoms with Gasteiger partial charge in [0.2, 0.25) is 5.95 Å². The second-order valence-corrected chi connectivity index (χ2v) is 13.4. The van der Waals surface area contributed by atoms with Gasteiger partial charge in [0.15, 0.2) is 5.78 Å². The quantitative estimate of drug-likeness (QED) is 0.108. The molecular weight excluding hydrogens is 590 g/mol. The van der Waals surface area contributed by atoms with Crippen LogP contribution in [0, 0.1) is 5.92 Å². The maximum atomic E-state index is 13.2. The largest absolute Gasteiger partial charge is 0.494 e. The van der Waals surface area contributed by atoms with E-state index in [1.54, 1.807) is 11.8 Å². The van der Waals surface area contributed by atoms with Crippen LogP contribution in [0.4, 0.5) is 11.8 Å². The van der Waals surface area contributed by atoms with E-state index in [4.69, 9.17) is 26.3 Å². The normalized spacial score (nSPS) is 17.3. The van der Waals surface area contributed by atoms with E-state index < -0.39 is 0 Å². The smallest absolute Gasteiger partial charge is 0.225 e. The first-order valence-corrected chi connectivity index (χ1v) is 16.7. The highest BCUT2D eigenvalue weighted by Gasteiger charge is 2.23. The van der Waals surface area contributed by atoms with Crippen LogP contribution < -0.4 is 20.3 Å². The number of nitrogens with one attached hydrogen (secondary N) is 2. The number of nitrogens with zero attached hydrogens (tertiary/aromatic N) is 3.